The quantitative estimate of drug-likeness (QED) is 0.119. The molecule has 10 aromatic rings. The average molecular weight is 1040 g/mol. The van der Waals surface area contributed by atoms with Crippen LogP contribution in [0.25, 0.3) is 81.7 Å². The Balaban J connectivity index is 0.000000390. The lowest BCUT2D eigenvalue weighted by Gasteiger charge is -2.18. The largest absolute Gasteiger partial charge is 0.103 e. The molecule has 0 aliphatic heterocycles. The van der Waals surface area contributed by atoms with Crippen LogP contribution in [0.15, 0.2) is 212 Å². The Bertz CT molecular complexity index is 3220. The Morgan fingerprint density at radius 2 is 0.846 bits per heavy atom. The fourth-order valence-corrected chi connectivity index (χ4v) is 8.84. The molecule has 0 heterocycles. The van der Waals surface area contributed by atoms with Gasteiger partial charge in [0.25, 0.3) is 0 Å². The van der Waals surface area contributed by atoms with E-state index in [0.29, 0.717) is 0 Å². The minimum atomic E-state index is 1.20. The minimum Gasteiger partial charge on any atom is -0.103 e. The van der Waals surface area contributed by atoms with E-state index in [1.165, 1.54) is 154 Å². The summed E-state index contributed by atoms with van der Waals surface area (Å²) in [4.78, 5) is 0. The first kappa shape index (κ1) is 67.1. The molecule has 0 fully saturated rings. The molecule has 0 saturated heterocycles. The van der Waals surface area contributed by atoms with Crippen LogP contribution < -0.4 is 0 Å². The van der Waals surface area contributed by atoms with Crippen molar-refractivity contribution in [3.05, 3.63) is 235 Å². The van der Waals surface area contributed by atoms with Crippen LogP contribution in [-0.2, 0) is 0 Å². The third-order valence-corrected chi connectivity index (χ3v) is 12.9. The predicted molar refractivity (Wildman–Crippen MR) is 361 cm³/mol. The van der Waals surface area contributed by atoms with Gasteiger partial charge in [0.15, 0.2) is 0 Å². The Hall–Kier alpha value is -7.02. The van der Waals surface area contributed by atoms with E-state index < -0.39 is 0 Å². The van der Waals surface area contributed by atoms with Gasteiger partial charge in [-0.05, 0) is 152 Å². The molecule has 0 radical (unpaired) electrons. The van der Waals surface area contributed by atoms with Crippen molar-refractivity contribution >= 4 is 59.4 Å². The Labute approximate surface area is 476 Å². The third-order valence-electron chi connectivity index (χ3n) is 12.9. The molecule has 0 bridgehead atoms. The van der Waals surface area contributed by atoms with E-state index in [4.69, 9.17) is 0 Å². The van der Waals surface area contributed by atoms with Crippen molar-refractivity contribution in [2.45, 2.75) is 163 Å². The van der Waals surface area contributed by atoms with Gasteiger partial charge in [-0.3, -0.25) is 0 Å². The van der Waals surface area contributed by atoms with Crippen molar-refractivity contribution in [1.29, 1.82) is 0 Å². The van der Waals surface area contributed by atoms with E-state index in [-0.39, 0.29) is 0 Å². The third kappa shape index (κ3) is 19.5. The Morgan fingerprint density at radius 1 is 0.397 bits per heavy atom. The summed E-state index contributed by atoms with van der Waals surface area (Å²) >= 11 is 0. The predicted octanol–water partition coefficient (Wildman–Crippen LogP) is 25.9. The fourth-order valence-electron chi connectivity index (χ4n) is 8.84. The highest BCUT2D eigenvalue weighted by Gasteiger charge is 2.17. The molecule has 78 heavy (non-hydrogen) atoms. The summed E-state index contributed by atoms with van der Waals surface area (Å²) in [6.07, 6.45) is 15.2. The average Bonchev–Trinajstić information content (AvgIpc) is 3.62. The van der Waals surface area contributed by atoms with Gasteiger partial charge < -0.3 is 0 Å². The van der Waals surface area contributed by atoms with Gasteiger partial charge in [-0.1, -0.05) is 320 Å². The van der Waals surface area contributed by atoms with Crippen molar-refractivity contribution in [2.24, 2.45) is 0 Å². The van der Waals surface area contributed by atoms with E-state index in [9.17, 15) is 0 Å². The molecule has 412 valence electrons. The van der Waals surface area contributed by atoms with Crippen LogP contribution >= 0.6 is 0 Å². The number of unbranched alkanes of at least 4 members (excludes halogenated alkanes) is 2. The van der Waals surface area contributed by atoms with Crippen LogP contribution in [0.4, 0.5) is 0 Å². The van der Waals surface area contributed by atoms with Gasteiger partial charge >= 0.3 is 0 Å². The van der Waals surface area contributed by atoms with Crippen molar-refractivity contribution < 1.29 is 0 Å². The SMILES string of the molecule is C=CC.CC.CC.CC.CC1=C(c2ccccc2C)C=CCC1.CCC.CCCC.CCCC.Cc1cccc(-c2cc(C)c3ccc4ccc(-c5ccc6ccccc6c5)c5ccc2c3c45)c1.c1ccc2ccccc2c1. The van der Waals surface area contributed by atoms with Crippen molar-refractivity contribution in [1.82, 2.24) is 0 Å². The Morgan fingerprint density at radius 3 is 1.36 bits per heavy atom. The van der Waals surface area contributed by atoms with E-state index in [1.54, 1.807) is 6.08 Å². The van der Waals surface area contributed by atoms with Crippen molar-refractivity contribution in [3.63, 3.8) is 0 Å². The summed E-state index contributed by atoms with van der Waals surface area (Å²) in [7, 11) is 0. The van der Waals surface area contributed by atoms with E-state index in [1.807, 2.05) is 48.5 Å². The topological polar surface area (TPSA) is 0 Å². The molecule has 10 aromatic carbocycles. The van der Waals surface area contributed by atoms with Gasteiger partial charge in [-0.2, -0.15) is 0 Å². The second-order valence-corrected chi connectivity index (χ2v) is 18.9. The second-order valence-electron chi connectivity index (χ2n) is 18.9. The first-order valence-corrected chi connectivity index (χ1v) is 29.8. The summed E-state index contributed by atoms with van der Waals surface area (Å²) in [6, 6.07) is 65.8. The standard InChI is InChI=1S/C34H24.C14H16.C10H8.2C4H10.C3H8.C3H6.3C2H6/c1-21-6-5-9-26(18-21)32-19-22(2)28-14-12-24-13-15-29(30-16-17-31(32)34(28)33(24)30)27-11-10-23-7-3-4-8-25(23)20-27;1-11-7-3-5-9-13(11)14-10-6-4-8-12(14)2;1-2-6-10-8-4-3-7-9(10)5-1;2*1-3-4-2;2*1-3-2;3*1-2/h3-20H,1-2H3;3,5-7,9-10H,4,8H2,1-2H3;1-8H;2*3-4H2,1-2H3;3H2,1-2H3;3H,1H2,2H3;3*1-2H3. The van der Waals surface area contributed by atoms with Gasteiger partial charge in [0, 0.05) is 0 Å². The van der Waals surface area contributed by atoms with Crippen LogP contribution in [0, 0.1) is 20.8 Å². The highest BCUT2D eigenvalue weighted by atomic mass is 14.2. The number of benzene rings is 10. The first-order chi connectivity index (χ1) is 38.1. The zero-order valence-electron chi connectivity index (χ0n) is 51.7. The van der Waals surface area contributed by atoms with E-state index in [2.05, 4.69) is 270 Å². The maximum Gasteiger partial charge on any atom is -0.00177 e. The maximum absolute atomic E-state index is 3.36. The number of aryl methyl sites for hydroxylation is 3. The molecule has 0 atom stereocenters. The number of hydrogen-bond acceptors (Lipinski definition) is 0. The molecular formula is C78H100. The van der Waals surface area contributed by atoms with Gasteiger partial charge in [0.1, 0.15) is 0 Å². The lowest BCUT2D eigenvalue weighted by atomic mass is 9.85. The summed E-state index contributed by atoms with van der Waals surface area (Å²) in [5.41, 5.74) is 13.5. The summed E-state index contributed by atoms with van der Waals surface area (Å²) < 4.78 is 0. The summed E-state index contributed by atoms with van der Waals surface area (Å²) in [5, 5.41) is 13.2. The highest BCUT2D eigenvalue weighted by molar-refractivity contribution is 6.28. The molecule has 0 N–H and O–H groups in total. The zero-order valence-corrected chi connectivity index (χ0v) is 51.7. The van der Waals surface area contributed by atoms with Crippen LogP contribution in [0.3, 0.4) is 0 Å². The van der Waals surface area contributed by atoms with Gasteiger partial charge in [-0.15, -0.1) is 6.58 Å². The van der Waals surface area contributed by atoms with Gasteiger partial charge in [0.05, 0.1) is 0 Å². The monoisotopic (exact) mass is 1040 g/mol. The van der Waals surface area contributed by atoms with E-state index in [0.717, 1.165) is 0 Å². The van der Waals surface area contributed by atoms with Gasteiger partial charge in [0.2, 0.25) is 0 Å². The maximum atomic E-state index is 3.36. The number of rotatable bonds is 5. The molecule has 1 aliphatic rings. The van der Waals surface area contributed by atoms with Crippen LogP contribution in [-0.4, -0.2) is 0 Å². The molecule has 0 spiro atoms. The first-order valence-electron chi connectivity index (χ1n) is 29.8. The molecule has 0 aromatic heterocycles. The van der Waals surface area contributed by atoms with Gasteiger partial charge in [-0.25, -0.2) is 0 Å². The zero-order chi connectivity index (χ0) is 57.8. The van der Waals surface area contributed by atoms with Crippen LogP contribution in [0.2, 0.25) is 0 Å². The highest BCUT2D eigenvalue weighted by Crippen LogP contribution is 2.44. The molecular weight excluding hydrogens is 937 g/mol. The molecule has 0 unspecified atom stereocenters. The summed E-state index contributed by atoms with van der Waals surface area (Å²) in [6.45, 7) is 39.1. The smallest absolute Gasteiger partial charge is 0.00177 e. The molecule has 0 nitrogen and oxygen atoms in total. The lowest BCUT2D eigenvalue weighted by molar-refractivity contribution is 0.886. The lowest BCUT2D eigenvalue weighted by Crippen LogP contribution is -1.93. The van der Waals surface area contributed by atoms with Crippen LogP contribution in [0.1, 0.15) is 164 Å². The fraction of sp³-hybridized carbons (Fsp3) is 0.308. The molecule has 11 rings (SSSR count). The number of fused-ring (bicyclic) bond motifs is 2. The number of allylic oxidation sites excluding steroid dienone is 5. The van der Waals surface area contributed by atoms with E-state index >= 15 is 0 Å². The van der Waals surface area contributed by atoms with Crippen molar-refractivity contribution in [3.8, 4) is 22.3 Å². The normalized spacial score (nSPS) is 10.7. The Kier molecular flexibility index (Phi) is 33.1. The molecule has 0 amide bonds. The minimum absolute atomic E-state index is 1.20. The van der Waals surface area contributed by atoms with Crippen molar-refractivity contribution in [2.75, 3.05) is 0 Å². The molecule has 1 aliphatic carbocycles. The molecule has 0 heteroatoms. The molecule has 0 saturated carbocycles. The second kappa shape index (κ2) is 38.5. The van der Waals surface area contributed by atoms with Crippen LogP contribution in [0.5, 0.6) is 0 Å². The summed E-state index contributed by atoms with van der Waals surface area (Å²) in [5.74, 6) is 0. The number of hydrogen-bond donors (Lipinski definition) is 0.